The lowest BCUT2D eigenvalue weighted by Gasteiger charge is -2.34. The van der Waals surface area contributed by atoms with Crippen molar-refractivity contribution in [3.63, 3.8) is 0 Å². The van der Waals surface area contributed by atoms with Crippen molar-refractivity contribution in [1.82, 2.24) is 0 Å². The highest BCUT2D eigenvalue weighted by Gasteiger charge is 2.63. The predicted molar refractivity (Wildman–Crippen MR) is 66.2 cm³/mol. The molecular weight excluding hydrogens is 212 g/mol. The third-order valence-electron chi connectivity index (χ3n) is 4.62. The Morgan fingerprint density at radius 2 is 1.94 bits per heavy atom. The van der Waals surface area contributed by atoms with Crippen LogP contribution in [0.3, 0.4) is 0 Å². The minimum atomic E-state index is -0.366. The van der Waals surface area contributed by atoms with Crippen LogP contribution in [0, 0.1) is 23.7 Å². The molecular formula is C15H18O2. The summed E-state index contributed by atoms with van der Waals surface area (Å²) >= 11 is 0. The van der Waals surface area contributed by atoms with E-state index in [4.69, 9.17) is 4.74 Å². The highest BCUT2D eigenvalue weighted by Crippen LogP contribution is 2.59. The number of hydrogen-bond donors (Lipinski definition) is 0. The Morgan fingerprint density at radius 1 is 1.29 bits per heavy atom. The summed E-state index contributed by atoms with van der Waals surface area (Å²) in [5, 5.41) is 0. The number of rotatable bonds is 4. The molecule has 0 radical (unpaired) electrons. The molecule has 3 rings (SSSR count). The van der Waals surface area contributed by atoms with E-state index >= 15 is 0 Å². The normalized spacial score (nSPS) is 40.1. The van der Waals surface area contributed by atoms with Crippen LogP contribution in [0.25, 0.3) is 0 Å². The second-order valence-corrected chi connectivity index (χ2v) is 5.47. The monoisotopic (exact) mass is 230 g/mol. The third kappa shape index (κ3) is 1.30. The van der Waals surface area contributed by atoms with Crippen molar-refractivity contribution in [2.75, 3.05) is 0 Å². The van der Waals surface area contributed by atoms with Gasteiger partial charge in [-0.2, -0.15) is 0 Å². The van der Waals surface area contributed by atoms with Crippen LogP contribution in [0.4, 0.5) is 0 Å². The van der Waals surface area contributed by atoms with E-state index in [1.807, 2.05) is 12.2 Å². The summed E-state index contributed by atoms with van der Waals surface area (Å²) in [6.45, 7) is 7.62. The van der Waals surface area contributed by atoms with Gasteiger partial charge in [0.1, 0.15) is 5.60 Å². The Balaban J connectivity index is 2.00. The number of hydrogen-bond acceptors (Lipinski definition) is 2. The molecule has 2 heteroatoms. The molecule has 1 aliphatic heterocycles. The van der Waals surface area contributed by atoms with Crippen molar-refractivity contribution >= 4 is 5.97 Å². The lowest BCUT2D eigenvalue weighted by molar-refractivity contribution is -0.152. The summed E-state index contributed by atoms with van der Waals surface area (Å²) in [6, 6.07) is 0. The zero-order chi connectivity index (χ0) is 12.0. The predicted octanol–water partition coefficient (Wildman–Crippen LogP) is 2.87. The molecule has 0 aromatic rings. The van der Waals surface area contributed by atoms with Gasteiger partial charge in [-0.15, -0.1) is 13.2 Å². The first kappa shape index (κ1) is 10.8. The first-order valence-electron chi connectivity index (χ1n) is 6.35. The van der Waals surface area contributed by atoms with Crippen molar-refractivity contribution in [2.45, 2.75) is 24.9 Å². The molecule has 0 amide bonds. The van der Waals surface area contributed by atoms with Crippen molar-refractivity contribution < 1.29 is 9.53 Å². The molecule has 2 bridgehead atoms. The molecule has 0 spiro atoms. The van der Waals surface area contributed by atoms with Crippen LogP contribution in [-0.4, -0.2) is 11.6 Å². The van der Waals surface area contributed by atoms with E-state index in [9.17, 15) is 4.79 Å². The summed E-state index contributed by atoms with van der Waals surface area (Å²) in [5.74, 6) is 1.34. The Bertz CT molecular complexity index is 397. The van der Waals surface area contributed by atoms with Crippen LogP contribution in [0.2, 0.25) is 0 Å². The van der Waals surface area contributed by atoms with E-state index in [0.29, 0.717) is 17.8 Å². The summed E-state index contributed by atoms with van der Waals surface area (Å²) < 4.78 is 5.76. The third-order valence-corrected chi connectivity index (χ3v) is 4.62. The largest absolute Gasteiger partial charge is 0.458 e. The van der Waals surface area contributed by atoms with Gasteiger partial charge in [0.05, 0.1) is 5.92 Å². The molecule has 17 heavy (non-hydrogen) atoms. The fourth-order valence-electron chi connectivity index (χ4n) is 4.12. The van der Waals surface area contributed by atoms with Gasteiger partial charge >= 0.3 is 5.97 Å². The fraction of sp³-hybridized carbons (Fsp3) is 0.533. The maximum absolute atomic E-state index is 12.1. The van der Waals surface area contributed by atoms with E-state index < -0.39 is 0 Å². The molecule has 2 aliphatic carbocycles. The Hall–Kier alpha value is -1.31. The molecule has 0 unspecified atom stereocenters. The zero-order valence-electron chi connectivity index (χ0n) is 9.97. The second kappa shape index (κ2) is 3.59. The number of fused-ring (bicyclic) bond motifs is 5. The maximum atomic E-state index is 12.1. The molecule has 1 heterocycles. The van der Waals surface area contributed by atoms with Crippen LogP contribution in [-0.2, 0) is 9.53 Å². The van der Waals surface area contributed by atoms with Crippen LogP contribution < -0.4 is 0 Å². The van der Waals surface area contributed by atoms with Gasteiger partial charge in [-0.05, 0) is 18.3 Å². The topological polar surface area (TPSA) is 26.3 Å². The number of cyclic esters (lactones) is 1. The lowest BCUT2D eigenvalue weighted by Crippen LogP contribution is -2.38. The van der Waals surface area contributed by atoms with Crippen LogP contribution in [0.5, 0.6) is 0 Å². The van der Waals surface area contributed by atoms with Crippen LogP contribution >= 0.6 is 0 Å². The second-order valence-electron chi connectivity index (χ2n) is 5.47. The molecule has 3 aliphatic rings. The molecule has 0 aromatic carbocycles. The number of esters is 1. The maximum Gasteiger partial charge on any atom is 0.310 e. The Morgan fingerprint density at radius 3 is 2.59 bits per heavy atom. The average molecular weight is 230 g/mol. The van der Waals surface area contributed by atoms with E-state index in [-0.39, 0.29) is 17.5 Å². The Labute approximate surface area is 102 Å². The van der Waals surface area contributed by atoms with Gasteiger partial charge in [0, 0.05) is 18.8 Å². The SMILES string of the molecule is C=CCC1(CC=C)OC(=O)[C@@H]2[C@H]1[C@H]1C=C[C@@H]2C1. The molecule has 2 nitrogen and oxygen atoms in total. The molecule has 90 valence electrons. The number of carbonyl (C=O) groups excluding carboxylic acids is 1. The zero-order valence-corrected chi connectivity index (χ0v) is 9.97. The van der Waals surface area contributed by atoms with Gasteiger partial charge in [0.25, 0.3) is 0 Å². The molecule has 1 saturated heterocycles. The van der Waals surface area contributed by atoms with Crippen molar-refractivity contribution in [2.24, 2.45) is 23.7 Å². The summed E-state index contributed by atoms with van der Waals surface area (Å²) in [5.41, 5.74) is -0.366. The number of allylic oxidation sites excluding steroid dienone is 2. The number of ether oxygens (including phenoxy) is 1. The smallest absolute Gasteiger partial charge is 0.310 e. The first-order chi connectivity index (χ1) is 8.22. The standard InChI is InChI=1S/C15H18O2/c1-3-7-15(8-4-2)13-11-6-5-10(9-11)12(13)14(16)17-15/h3-6,10-13H,1-2,7-9H2/t10-,11+,12+,13-/m1/s1. The molecule has 2 fully saturated rings. The Kier molecular flexibility index (Phi) is 2.29. The first-order valence-corrected chi connectivity index (χ1v) is 6.35. The average Bonchev–Trinajstić information content (AvgIpc) is 2.93. The summed E-state index contributed by atoms with van der Waals surface area (Å²) in [4.78, 5) is 12.1. The van der Waals surface area contributed by atoms with Crippen molar-refractivity contribution in [1.29, 1.82) is 0 Å². The highest BCUT2D eigenvalue weighted by atomic mass is 16.6. The molecule has 1 saturated carbocycles. The van der Waals surface area contributed by atoms with Crippen molar-refractivity contribution in [3.8, 4) is 0 Å². The van der Waals surface area contributed by atoms with Gasteiger partial charge in [0.15, 0.2) is 0 Å². The van der Waals surface area contributed by atoms with E-state index in [0.717, 1.165) is 19.3 Å². The summed E-state index contributed by atoms with van der Waals surface area (Å²) in [6.07, 6.45) is 10.8. The number of carbonyl (C=O) groups is 1. The molecule has 0 N–H and O–H groups in total. The minimum absolute atomic E-state index is 0.00412. The van der Waals surface area contributed by atoms with Crippen molar-refractivity contribution in [3.05, 3.63) is 37.5 Å². The molecule has 0 aromatic heterocycles. The highest BCUT2D eigenvalue weighted by molar-refractivity contribution is 5.78. The lowest BCUT2D eigenvalue weighted by atomic mass is 9.72. The van der Waals surface area contributed by atoms with E-state index in [1.165, 1.54) is 0 Å². The van der Waals surface area contributed by atoms with Gasteiger partial charge in [-0.25, -0.2) is 0 Å². The quantitative estimate of drug-likeness (QED) is 0.548. The van der Waals surface area contributed by atoms with Gasteiger partial charge < -0.3 is 4.74 Å². The van der Waals surface area contributed by atoms with E-state index in [2.05, 4.69) is 25.3 Å². The van der Waals surface area contributed by atoms with Crippen LogP contribution in [0.15, 0.2) is 37.5 Å². The van der Waals surface area contributed by atoms with E-state index in [1.54, 1.807) is 0 Å². The molecule has 4 atom stereocenters. The fourth-order valence-corrected chi connectivity index (χ4v) is 4.12. The van der Waals surface area contributed by atoms with Gasteiger partial charge in [-0.3, -0.25) is 4.79 Å². The van der Waals surface area contributed by atoms with Crippen LogP contribution in [0.1, 0.15) is 19.3 Å². The summed E-state index contributed by atoms with van der Waals surface area (Å²) in [7, 11) is 0. The van der Waals surface area contributed by atoms with Gasteiger partial charge in [-0.1, -0.05) is 24.3 Å². The van der Waals surface area contributed by atoms with Gasteiger partial charge in [0.2, 0.25) is 0 Å². The minimum Gasteiger partial charge on any atom is -0.458 e.